The summed E-state index contributed by atoms with van der Waals surface area (Å²) in [7, 11) is 0. The Labute approximate surface area is 119 Å². The number of halogens is 2. The molecule has 1 aromatic heterocycles. The first kappa shape index (κ1) is 14.1. The van der Waals surface area contributed by atoms with E-state index in [1.807, 2.05) is 0 Å². The molecule has 4 nitrogen and oxygen atoms in total. The molecule has 1 unspecified atom stereocenters. The largest absolute Gasteiger partial charge is 0.339 e. The van der Waals surface area contributed by atoms with E-state index in [1.165, 1.54) is 6.07 Å². The summed E-state index contributed by atoms with van der Waals surface area (Å²) in [6.45, 7) is 4.55. The Bertz CT molecular complexity index is 571. The Hall–Kier alpha value is -1.27. The first-order valence-electron chi connectivity index (χ1n) is 6.02. The average Bonchev–Trinajstić information content (AvgIpc) is 2.82. The fourth-order valence-electron chi connectivity index (χ4n) is 1.80. The molecule has 6 heteroatoms. The molecule has 0 radical (unpaired) electrons. The van der Waals surface area contributed by atoms with Gasteiger partial charge in [-0.25, -0.2) is 4.39 Å². The molecule has 0 spiro atoms. The van der Waals surface area contributed by atoms with Gasteiger partial charge >= 0.3 is 0 Å². The van der Waals surface area contributed by atoms with Crippen LogP contribution >= 0.6 is 15.9 Å². The number of aromatic nitrogens is 2. The van der Waals surface area contributed by atoms with Crippen molar-refractivity contribution in [3.05, 3.63) is 34.4 Å². The Balaban J connectivity index is 2.32. The molecule has 2 aromatic rings. The van der Waals surface area contributed by atoms with Crippen molar-refractivity contribution in [3.8, 4) is 11.4 Å². The summed E-state index contributed by atoms with van der Waals surface area (Å²) < 4.78 is 18.8. The Morgan fingerprint density at radius 1 is 1.42 bits per heavy atom. The van der Waals surface area contributed by atoms with E-state index >= 15 is 0 Å². The number of nitrogens with zero attached hydrogens (tertiary/aromatic N) is 2. The zero-order chi connectivity index (χ0) is 14.0. The van der Waals surface area contributed by atoms with Gasteiger partial charge in [0.25, 0.3) is 0 Å². The third-order valence-electron chi connectivity index (χ3n) is 3.00. The normalized spacial score (nSPS) is 12.9. The lowest BCUT2D eigenvalue weighted by molar-refractivity contribution is 0.324. The van der Waals surface area contributed by atoms with Crippen LogP contribution in [-0.4, -0.2) is 16.7 Å². The van der Waals surface area contributed by atoms with Crippen molar-refractivity contribution in [2.24, 2.45) is 11.7 Å². The molecule has 2 N–H and O–H groups in total. The van der Waals surface area contributed by atoms with Crippen LogP contribution in [0.1, 0.15) is 25.7 Å². The van der Waals surface area contributed by atoms with E-state index in [9.17, 15) is 4.39 Å². The van der Waals surface area contributed by atoms with Crippen LogP contribution in [0.2, 0.25) is 0 Å². The molecule has 0 amide bonds. The van der Waals surface area contributed by atoms with E-state index in [2.05, 4.69) is 39.9 Å². The second-order valence-electron chi connectivity index (χ2n) is 4.67. The summed E-state index contributed by atoms with van der Waals surface area (Å²) in [6, 6.07) is 4.59. The van der Waals surface area contributed by atoms with Crippen LogP contribution in [0, 0.1) is 11.7 Å². The maximum absolute atomic E-state index is 13.2. The Morgan fingerprint density at radius 2 is 2.16 bits per heavy atom. The molecule has 102 valence electrons. The van der Waals surface area contributed by atoms with Crippen LogP contribution in [0.5, 0.6) is 0 Å². The molecular weight excluding hydrogens is 313 g/mol. The van der Waals surface area contributed by atoms with Crippen molar-refractivity contribution in [2.75, 3.05) is 6.54 Å². The summed E-state index contributed by atoms with van der Waals surface area (Å²) in [5.41, 5.74) is 6.41. The highest BCUT2D eigenvalue weighted by molar-refractivity contribution is 9.10. The number of nitrogens with two attached hydrogens (primary N) is 1. The number of hydrogen-bond donors (Lipinski definition) is 1. The monoisotopic (exact) mass is 327 g/mol. The first-order valence-corrected chi connectivity index (χ1v) is 6.81. The van der Waals surface area contributed by atoms with Crippen LogP contribution in [0.25, 0.3) is 11.4 Å². The van der Waals surface area contributed by atoms with E-state index < -0.39 is 0 Å². The minimum absolute atomic E-state index is 0.0325. The average molecular weight is 328 g/mol. The maximum atomic E-state index is 13.2. The summed E-state index contributed by atoms with van der Waals surface area (Å²) in [5, 5.41) is 3.92. The van der Waals surface area contributed by atoms with E-state index in [1.54, 1.807) is 12.1 Å². The second-order valence-corrected chi connectivity index (χ2v) is 5.53. The van der Waals surface area contributed by atoms with E-state index in [0.717, 1.165) is 0 Å². The highest BCUT2D eigenvalue weighted by Crippen LogP contribution is 2.26. The van der Waals surface area contributed by atoms with Gasteiger partial charge in [0, 0.05) is 12.1 Å². The molecule has 1 atom stereocenters. The molecule has 0 saturated heterocycles. The van der Waals surface area contributed by atoms with Crippen LogP contribution < -0.4 is 5.73 Å². The van der Waals surface area contributed by atoms with Gasteiger partial charge in [0.1, 0.15) is 5.82 Å². The fraction of sp³-hybridized carbons (Fsp3) is 0.385. The second kappa shape index (κ2) is 5.79. The lowest BCUT2D eigenvalue weighted by Crippen LogP contribution is -2.18. The van der Waals surface area contributed by atoms with Gasteiger partial charge in [0.15, 0.2) is 0 Å². The van der Waals surface area contributed by atoms with Gasteiger partial charge in [0.05, 0.1) is 10.4 Å². The van der Waals surface area contributed by atoms with Crippen LogP contribution in [-0.2, 0) is 0 Å². The molecule has 0 bridgehead atoms. The molecule has 19 heavy (non-hydrogen) atoms. The van der Waals surface area contributed by atoms with Gasteiger partial charge < -0.3 is 10.3 Å². The van der Waals surface area contributed by atoms with Gasteiger partial charge in [-0.15, -0.1) is 0 Å². The van der Waals surface area contributed by atoms with Gasteiger partial charge in [-0.05, 0) is 40.0 Å². The van der Waals surface area contributed by atoms with Gasteiger partial charge in [-0.1, -0.05) is 19.0 Å². The predicted octanol–water partition coefficient (Wildman–Crippen LogP) is 3.34. The molecule has 1 aromatic carbocycles. The fourth-order valence-corrected chi connectivity index (χ4v) is 2.18. The standard InChI is InChI=1S/C13H15BrFN3O/c1-7(2)9(6-16)13-17-12(18-19-13)8-3-4-11(15)10(14)5-8/h3-5,7,9H,6,16H2,1-2H3. The number of hydrogen-bond acceptors (Lipinski definition) is 4. The summed E-state index contributed by atoms with van der Waals surface area (Å²) in [5.74, 6) is 0.987. The minimum atomic E-state index is -0.325. The minimum Gasteiger partial charge on any atom is -0.339 e. The highest BCUT2D eigenvalue weighted by atomic mass is 79.9. The zero-order valence-electron chi connectivity index (χ0n) is 10.7. The topological polar surface area (TPSA) is 64.9 Å². The summed E-state index contributed by atoms with van der Waals surface area (Å²) in [6.07, 6.45) is 0. The first-order chi connectivity index (χ1) is 9.02. The third kappa shape index (κ3) is 3.01. The molecule has 0 aliphatic heterocycles. The molecule has 0 fully saturated rings. The third-order valence-corrected chi connectivity index (χ3v) is 3.60. The van der Waals surface area contributed by atoms with Gasteiger partial charge in [0.2, 0.25) is 11.7 Å². The zero-order valence-corrected chi connectivity index (χ0v) is 12.3. The van der Waals surface area contributed by atoms with Crippen LogP contribution in [0.15, 0.2) is 27.2 Å². The van der Waals surface area contributed by atoms with Gasteiger partial charge in [-0.2, -0.15) is 4.98 Å². The maximum Gasteiger partial charge on any atom is 0.231 e. The van der Waals surface area contributed by atoms with Gasteiger partial charge in [-0.3, -0.25) is 0 Å². The SMILES string of the molecule is CC(C)C(CN)c1nc(-c2ccc(F)c(Br)c2)no1. The van der Waals surface area contributed by atoms with E-state index in [4.69, 9.17) is 10.3 Å². The number of rotatable bonds is 4. The van der Waals surface area contributed by atoms with Crippen molar-refractivity contribution in [2.45, 2.75) is 19.8 Å². The molecular formula is C13H15BrFN3O. The lowest BCUT2D eigenvalue weighted by Gasteiger charge is -2.13. The van der Waals surface area contributed by atoms with Crippen LogP contribution in [0.3, 0.4) is 0 Å². The van der Waals surface area contributed by atoms with Crippen molar-refractivity contribution >= 4 is 15.9 Å². The molecule has 0 saturated carbocycles. The number of benzene rings is 1. The predicted molar refractivity (Wildman–Crippen MR) is 74.0 cm³/mol. The van der Waals surface area contributed by atoms with Crippen LogP contribution in [0.4, 0.5) is 4.39 Å². The smallest absolute Gasteiger partial charge is 0.231 e. The molecule has 0 aliphatic carbocycles. The highest BCUT2D eigenvalue weighted by Gasteiger charge is 2.21. The molecule has 0 aliphatic rings. The Kier molecular flexibility index (Phi) is 4.31. The molecule has 1 heterocycles. The van der Waals surface area contributed by atoms with Crippen molar-refractivity contribution in [1.82, 2.24) is 10.1 Å². The Morgan fingerprint density at radius 3 is 2.74 bits per heavy atom. The summed E-state index contributed by atoms with van der Waals surface area (Å²) in [4.78, 5) is 4.34. The van der Waals surface area contributed by atoms with E-state index in [-0.39, 0.29) is 11.7 Å². The van der Waals surface area contributed by atoms with E-state index in [0.29, 0.717) is 34.2 Å². The summed E-state index contributed by atoms with van der Waals surface area (Å²) >= 11 is 3.13. The lowest BCUT2D eigenvalue weighted by atomic mass is 9.96. The van der Waals surface area contributed by atoms with Crippen molar-refractivity contribution < 1.29 is 8.91 Å². The van der Waals surface area contributed by atoms with Crippen molar-refractivity contribution in [1.29, 1.82) is 0 Å². The quantitative estimate of drug-likeness (QED) is 0.935. The molecule has 2 rings (SSSR count). The van der Waals surface area contributed by atoms with Crippen molar-refractivity contribution in [3.63, 3.8) is 0 Å².